The molecule has 0 spiro atoms. The van der Waals surface area contributed by atoms with Crippen molar-refractivity contribution in [3.8, 4) is 0 Å². The summed E-state index contributed by atoms with van der Waals surface area (Å²) in [6, 6.07) is 0. The second kappa shape index (κ2) is 5.45. The van der Waals surface area contributed by atoms with Gasteiger partial charge in [0.1, 0.15) is 0 Å². The van der Waals surface area contributed by atoms with Gasteiger partial charge in [-0.25, -0.2) is 0 Å². The highest BCUT2D eigenvalue weighted by atomic mass is 16.5. The summed E-state index contributed by atoms with van der Waals surface area (Å²) in [6.45, 7) is 8.94. The zero-order chi connectivity index (χ0) is 7.98. The lowest BCUT2D eigenvalue weighted by Gasteiger charge is -2.18. The van der Waals surface area contributed by atoms with E-state index in [-0.39, 0.29) is 6.10 Å². The zero-order valence-electron chi connectivity index (χ0n) is 6.84. The van der Waals surface area contributed by atoms with Crippen molar-refractivity contribution in [1.82, 2.24) is 0 Å². The zero-order valence-corrected chi connectivity index (χ0v) is 6.84. The van der Waals surface area contributed by atoms with Gasteiger partial charge in [0.25, 0.3) is 0 Å². The third-order valence-electron chi connectivity index (χ3n) is 1.40. The Morgan fingerprint density at radius 2 is 2.20 bits per heavy atom. The molecule has 0 amide bonds. The molecular formula is C8H17NO. The molecule has 2 nitrogen and oxygen atoms in total. The first kappa shape index (κ1) is 9.66. The van der Waals surface area contributed by atoms with Gasteiger partial charge >= 0.3 is 0 Å². The van der Waals surface area contributed by atoms with Gasteiger partial charge in [0.15, 0.2) is 0 Å². The summed E-state index contributed by atoms with van der Waals surface area (Å²) >= 11 is 0. The molecule has 10 heavy (non-hydrogen) atoms. The average Bonchev–Trinajstić information content (AvgIpc) is 1.89. The van der Waals surface area contributed by atoms with Crippen molar-refractivity contribution in [2.24, 2.45) is 11.7 Å². The Labute approximate surface area is 63.1 Å². The van der Waals surface area contributed by atoms with E-state index < -0.39 is 0 Å². The van der Waals surface area contributed by atoms with Crippen LogP contribution in [-0.4, -0.2) is 19.3 Å². The van der Waals surface area contributed by atoms with Crippen LogP contribution in [0.1, 0.15) is 13.8 Å². The summed E-state index contributed by atoms with van der Waals surface area (Å²) in [5, 5.41) is 0. The molecule has 0 aliphatic rings. The molecule has 0 saturated carbocycles. The number of ether oxygens (including phenoxy) is 1. The van der Waals surface area contributed by atoms with E-state index in [2.05, 4.69) is 20.4 Å². The SMILES string of the molecule is C=CCOC(CN)C(C)C. The van der Waals surface area contributed by atoms with Gasteiger partial charge in [-0.15, -0.1) is 6.58 Å². The molecule has 0 saturated heterocycles. The molecule has 0 aromatic rings. The van der Waals surface area contributed by atoms with Crippen molar-refractivity contribution in [2.75, 3.05) is 13.2 Å². The van der Waals surface area contributed by atoms with Crippen molar-refractivity contribution in [2.45, 2.75) is 20.0 Å². The van der Waals surface area contributed by atoms with Gasteiger partial charge < -0.3 is 10.5 Å². The first-order valence-corrected chi connectivity index (χ1v) is 3.65. The molecule has 60 valence electrons. The highest BCUT2D eigenvalue weighted by molar-refractivity contribution is 4.69. The maximum atomic E-state index is 5.46. The first-order chi connectivity index (χ1) is 4.72. The number of hydrogen-bond donors (Lipinski definition) is 1. The molecule has 2 heteroatoms. The lowest BCUT2D eigenvalue weighted by Crippen LogP contribution is -2.28. The van der Waals surface area contributed by atoms with Crippen LogP contribution < -0.4 is 5.73 Å². The van der Waals surface area contributed by atoms with Gasteiger partial charge in [-0.1, -0.05) is 19.9 Å². The predicted molar refractivity (Wildman–Crippen MR) is 43.8 cm³/mol. The molecular weight excluding hydrogens is 126 g/mol. The maximum absolute atomic E-state index is 5.46. The van der Waals surface area contributed by atoms with E-state index in [0.717, 1.165) is 0 Å². The fourth-order valence-corrected chi connectivity index (χ4v) is 0.724. The summed E-state index contributed by atoms with van der Waals surface area (Å²) in [7, 11) is 0. The second-order valence-corrected chi connectivity index (χ2v) is 2.64. The van der Waals surface area contributed by atoms with Gasteiger partial charge in [0.05, 0.1) is 12.7 Å². The fraction of sp³-hybridized carbons (Fsp3) is 0.750. The van der Waals surface area contributed by atoms with Crippen LogP contribution in [0.5, 0.6) is 0 Å². The summed E-state index contributed by atoms with van der Waals surface area (Å²) in [4.78, 5) is 0. The average molecular weight is 143 g/mol. The Kier molecular flexibility index (Phi) is 5.26. The Morgan fingerprint density at radius 1 is 1.60 bits per heavy atom. The van der Waals surface area contributed by atoms with E-state index in [1.165, 1.54) is 0 Å². The number of rotatable bonds is 5. The highest BCUT2D eigenvalue weighted by Gasteiger charge is 2.09. The lowest BCUT2D eigenvalue weighted by atomic mass is 10.1. The molecule has 0 aromatic heterocycles. The monoisotopic (exact) mass is 143 g/mol. The first-order valence-electron chi connectivity index (χ1n) is 3.65. The lowest BCUT2D eigenvalue weighted by molar-refractivity contribution is 0.0472. The van der Waals surface area contributed by atoms with Crippen LogP contribution in [0.2, 0.25) is 0 Å². The van der Waals surface area contributed by atoms with Crippen molar-refractivity contribution < 1.29 is 4.74 Å². The minimum absolute atomic E-state index is 0.179. The molecule has 0 bridgehead atoms. The van der Waals surface area contributed by atoms with Crippen LogP contribution >= 0.6 is 0 Å². The molecule has 0 heterocycles. The molecule has 0 radical (unpaired) electrons. The van der Waals surface area contributed by atoms with Gasteiger partial charge in [-0.3, -0.25) is 0 Å². The molecule has 0 rings (SSSR count). The van der Waals surface area contributed by atoms with E-state index in [0.29, 0.717) is 19.1 Å². The molecule has 0 aliphatic carbocycles. The van der Waals surface area contributed by atoms with Crippen LogP contribution in [-0.2, 0) is 4.74 Å². The topological polar surface area (TPSA) is 35.2 Å². The van der Waals surface area contributed by atoms with E-state index in [4.69, 9.17) is 10.5 Å². The smallest absolute Gasteiger partial charge is 0.0724 e. The van der Waals surface area contributed by atoms with E-state index in [9.17, 15) is 0 Å². The van der Waals surface area contributed by atoms with Crippen LogP contribution in [0.4, 0.5) is 0 Å². The Hall–Kier alpha value is -0.340. The highest BCUT2D eigenvalue weighted by Crippen LogP contribution is 2.03. The summed E-state index contributed by atoms with van der Waals surface area (Å²) in [6.07, 6.45) is 1.92. The molecule has 0 aromatic carbocycles. The minimum atomic E-state index is 0.179. The van der Waals surface area contributed by atoms with E-state index in [1.54, 1.807) is 6.08 Å². The molecule has 1 unspecified atom stereocenters. The van der Waals surface area contributed by atoms with Gasteiger partial charge in [0, 0.05) is 6.54 Å². The van der Waals surface area contributed by atoms with Gasteiger partial charge in [0.2, 0.25) is 0 Å². The third kappa shape index (κ3) is 3.64. The number of nitrogens with two attached hydrogens (primary N) is 1. The fourth-order valence-electron chi connectivity index (χ4n) is 0.724. The largest absolute Gasteiger partial charge is 0.373 e. The Morgan fingerprint density at radius 3 is 2.50 bits per heavy atom. The van der Waals surface area contributed by atoms with E-state index in [1.807, 2.05) is 0 Å². The Balaban J connectivity index is 3.49. The summed E-state index contributed by atoms with van der Waals surface area (Å²) in [5.74, 6) is 0.491. The van der Waals surface area contributed by atoms with Crippen molar-refractivity contribution in [1.29, 1.82) is 0 Å². The van der Waals surface area contributed by atoms with Crippen LogP contribution in [0.3, 0.4) is 0 Å². The van der Waals surface area contributed by atoms with Gasteiger partial charge in [-0.2, -0.15) is 0 Å². The number of hydrogen-bond acceptors (Lipinski definition) is 2. The van der Waals surface area contributed by atoms with Crippen LogP contribution in [0, 0.1) is 5.92 Å². The van der Waals surface area contributed by atoms with Crippen molar-refractivity contribution in [3.63, 3.8) is 0 Å². The van der Waals surface area contributed by atoms with Crippen molar-refractivity contribution in [3.05, 3.63) is 12.7 Å². The maximum Gasteiger partial charge on any atom is 0.0724 e. The summed E-state index contributed by atoms with van der Waals surface area (Å²) in [5.41, 5.74) is 5.46. The Bertz CT molecular complexity index is 91.3. The predicted octanol–water partition coefficient (Wildman–Crippen LogP) is 1.17. The van der Waals surface area contributed by atoms with Gasteiger partial charge in [-0.05, 0) is 5.92 Å². The second-order valence-electron chi connectivity index (χ2n) is 2.64. The molecule has 0 fully saturated rings. The van der Waals surface area contributed by atoms with Crippen LogP contribution in [0.25, 0.3) is 0 Å². The quantitative estimate of drug-likeness (QED) is 0.586. The van der Waals surface area contributed by atoms with E-state index >= 15 is 0 Å². The molecule has 1 atom stereocenters. The third-order valence-corrected chi connectivity index (χ3v) is 1.40. The standard InChI is InChI=1S/C8H17NO/c1-4-5-10-8(6-9)7(2)3/h4,7-8H,1,5-6,9H2,2-3H3. The molecule has 2 N–H and O–H groups in total. The molecule has 0 aliphatic heterocycles. The normalized spacial score (nSPS) is 13.6. The van der Waals surface area contributed by atoms with Crippen LogP contribution in [0.15, 0.2) is 12.7 Å². The minimum Gasteiger partial charge on any atom is -0.373 e. The summed E-state index contributed by atoms with van der Waals surface area (Å²) < 4.78 is 5.36. The van der Waals surface area contributed by atoms with Crippen molar-refractivity contribution >= 4 is 0 Å².